The SMILES string of the molecule is Cn1c(C(F)(F)F)cc(=O)n(-c2ccc3snc(COCC(=O)NS(C)(=O)=O)c3c2)c1=O. The average Bonchev–Trinajstić information content (AvgIpc) is 3.05. The lowest BCUT2D eigenvalue weighted by atomic mass is 10.2. The summed E-state index contributed by atoms with van der Waals surface area (Å²) in [6.45, 7) is -0.759. The predicted molar refractivity (Wildman–Crippen MR) is 108 cm³/mol. The minimum absolute atomic E-state index is 0.0214. The molecule has 0 saturated carbocycles. The van der Waals surface area contributed by atoms with Crippen LogP contribution in [-0.4, -0.2) is 40.7 Å². The Morgan fingerprint density at radius 2 is 1.94 bits per heavy atom. The number of hydrogen-bond donors (Lipinski definition) is 1. The number of alkyl halides is 3. The first kappa shape index (κ1) is 23.6. The van der Waals surface area contributed by atoms with Crippen LogP contribution in [0.2, 0.25) is 0 Å². The Hall–Kier alpha value is -3.04. The quantitative estimate of drug-likeness (QED) is 0.538. The lowest BCUT2D eigenvalue weighted by Crippen LogP contribution is -2.40. The third-order valence-electron chi connectivity index (χ3n) is 4.17. The fourth-order valence-electron chi connectivity index (χ4n) is 2.83. The van der Waals surface area contributed by atoms with Gasteiger partial charge < -0.3 is 4.74 Å². The highest BCUT2D eigenvalue weighted by molar-refractivity contribution is 7.89. The maximum atomic E-state index is 13.0. The van der Waals surface area contributed by atoms with Crippen LogP contribution >= 0.6 is 11.5 Å². The zero-order chi connectivity index (χ0) is 23.8. The molecule has 0 aliphatic rings. The first-order valence-corrected chi connectivity index (χ1v) is 11.3. The van der Waals surface area contributed by atoms with E-state index in [0.29, 0.717) is 31.0 Å². The van der Waals surface area contributed by atoms with Crippen molar-refractivity contribution in [3.8, 4) is 5.69 Å². The van der Waals surface area contributed by atoms with Gasteiger partial charge in [-0.25, -0.2) is 17.8 Å². The summed E-state index contributed by atoms with van der Waals surface area (Å²) in [5, 5.41) is 0.449. The fraction of sp³-hybridized carbons (Fsp3) is 0.294. The lowest BCUT2D eigenvalue weighted by molar-refractivity contribution is -0.144. The Bertz CT molecular complexity index is 1420. The summed E-state index contributed by atoms with van der Waals surface area (Å²) in [4.78, 5) is 36.3. The summed E-state index contributed by atoms with van der Waals surface area (Å²) in [5.41, 5.74) is -3.35. The number of amides is 1. The first-order valence-electron chi connectivity index (χ1n) is 8.65. The molecule has 3 rings (SSSR count). The van der Waals surface area contributed by atoms with E-state index in [-0.39, 0.29) is 12.3 Å². The second-order valence-corrected chi connectivity index (χ2v) is 9.20. The summed E-state index contributed by atoms with van der Waals surface area (Å²) in [6.07, 6.45) is -4.06. The van der Waals surface area contributed by atoms with Crippen LogP contribution in [0.4, 0.5) is 13.2 Å². The Morgan fingerprint density at radius 3 is 2.56 bits per heavy atom. The van der Waals surface area contributed by atoms with E-state index in [9.17, 15) is 36.0 Å². The molecule has 10 nitrogen and oxygen atoms in total. The molecule has 3 aromatic rings. The zero-order valence-electron chi connectivity index (χ0n) is 16.5. The molecule has 0 aliphatic carbocycles. The molecule has 32 heavy (non-hydrogen) atoms. The molecule has 0 saturated heterocycles. The van der Waals surface area contributed by atoms with Crippen molar-refractivity contribution in [3.63, 3.8) is 0 Å². The van der Waals surface area contributed by atoms with Crippen LogP contribution in [-0.2, 0) is 39.4 Å². The van der Waals surface area contributed by atoms with E-state index in [4.69, 9.17) is 4.74 Å². The van der Waals surface area contributed by atoms with Crippen LogP contribution < -0.4 is 16.0 Å². The van der Waals surface area contributed by atoms with Crippen molar-refractivity contribution in [1.29, 1.82) is 0 Å². The van der Waals surface area contributed by atoms with Crippen molar-refractivity contribution in [2.24, 2.45) is 7.05 Å². The molecule has 2 heterocycles. The number of benzene rings is 1. The molecule has 0 spiro atoms. The van der Waals surface area contributed by atoms with Crippen molar-refractivity contribution in [3.05, 3.63) is 56.5 Å². The monoisotopic (exact) mass is 492 g/mol. The summed E-state index contributed by atoms with van der Waals surface area (Å²) in [5.74, 6) is -0.882. The highest BCUT2D eigenvalue weighted by Crippen LogP contribution is 2.28. The minimum atomic E-state index is -4.87. The standard InChI is InChI=1S/C17H15F3N4O6S2/c1-23-13(17(18,19)20)6-15(26)24(16(23)27)9-3-4-12-10(5-9)11(21-31-12)7-30-8-14(25)22-32(2,28)29/h3-6H,7-8H2,1-2H3,(H,22,25). The molecule has 1 N–H and O–H groups in total. The third kappa shape index (κ3) is 5.05. The Morgan fingerprint density at radius 1 is 1.25 bits per heavy atom. The van der Waals surface area contributed by atoms with E-state index in [0.717, 1.165) is 24.8 Å². The summed E-state index contributed by atoms with van der Waals surface area (Å²) < 4.78 is 73.8. The van der Waals surface area contributed by atoms with Crippen molar-refractivity contribution in [2.45, 2.75) is 12.8 Å². The van der Waals surface area contributed by atoms with Gasteiger partial charge in [-0.3, -0.25) is 18.9 Å². The van der Waals surface area contributed by atoms with Gasteiger partial charge in [0.25, 0.3) is 11.5 Å². The van der Waals surface area contributed by atoms with E-state index in [1.807, 2.05) is 0 Å². The van der Waals surface area contributed by atoms with Crippen LogP contribution in [0.3, 0.4) is 0 Å². The van der Waals surface area contributed by atoms with E-state index in [1.165, 1.54) is 18.2 Å². The molecule has 15 heteroatoms. The fourth-order valence-corrected chi connectivity index (χ4v) is 4.07. The molecule has 0 radical (unpaired) electrons. The lowest BCUT2D eigenvalue weighted by Gasteiger charge is -2.14. The number of hydrogen-bond acceptors (Lipinski definition) is 8. The van der Waals surface area contributed by atoms with Gasteiger partial charge in [-0.2, -0.15) is 17.5 Å². The van der Waals surface area contributed by atoms with Gasteiger partial charge in [-0.15, -0.1) is 0 Å². The zero-order valence-corrected chi connectivity index (χ0v) is 18.1. The number of aromatic nitrogens is 3. The van der Waals surface area contributed by atoms with Crippen molar-refractivity contribution < 1.29 is 31.1 Å². The minimum Gasteiger partial charge on any atom is -0.365 e. The van der Waals surface area contributed by atoms with Crippen LogP contribution in [0.15, 0.2) is 33.9 Å². The summed E-state index contributed by atoms with van der Waals surface area (Å²) in [6, 6.07) is 4.65. The van der Waals surface area contributed by atoms with Crippen LogP contribution in [0.25, 0.3) is 15.8 Å². The largest absolute Gasteiger partial charge is 0.431 e. The maximum Gasteiger partial charge on any atom is 0.431 e. The molecule has 0 bridgehead atoms. The Kier molecular flexibility index (Phi) is 6.26. The number of ether oxygens (including phenoxy) is 1. The van der Waals surface area contributed by atoms with Crippen molar-refractivity contribution in [1.82, 2.24) is 18.2 Å². The normalized spacial score (nSPS) is 12.3. The number of carbonyl (C=O) groups is 1. The van der Waals surface area contributed by atoms with E-state index >= 15 is 0 Å². The molecule has 2 aromatic heterocycles. The van der Waals surface area contributed by atoms with Gasteiger partial charge in [0.05, 0.1) is 28.9 Å². The van der Waals surface area contributed by atoms with Crippen LogP contribution in [0, 0.1) is 0 Å². The van der Waals surface area contributed by atoms with Gasteiger partial charge in [0.2, 0.25) is 10.0 Å². The third-order valence-corrected chi connectivity index (χ3v) is 5.63. The molecular formula is C17H15F3N4O6S2. The number of halogens is 3. The predicted octanol–water partition coefficient (Wildman–Crippen LogP) is 0.757. The second kappa shape index (κ2) is 8.48. The number of nitrogens with one attached hydrogen (secondary N) is 1. The average molecular weight is 492 g/mol. The number of sulfonamides is 1. The number of rotatable bonds is 6. The molecule has 0 unspecified atom stereocenters. The van der Waals surface area contributed by atoms with Crippen molar-refractivity contribution in [2.75, 3.05) is 12.9 Å². The van der Waals surface area contributed by atoms with E-state index in [2.05, 4.69) is 4.37 Å². The van der Waals surface area contributed by atoms with E-state index < -0.39 is 45.7 Å². The van der Waals surface area contributed by atoms with Crippen molar-refractivity contribution >= 4 is 37.5 Å². The first-order chi connectivity index (χ1) is 14.8. The van der Waals surface area contributed by atoms with Gasteiger partial charge in [0.1, 0.15) is 12.3 Å². The summed E-state index contributed by atoms with van der Waals surface area (Å²) in [7, 11) is -2.82. The van der Waals surface area contributed by atoms with Gasteiger partial charge in [-0.05, 0) is 29.7 Å². The van der Waals surface area contributed by atoms with Gasteiger partial charge >= 0.3 is 11.9 Å². The van der Waals surface area contributed by atoms with E-state index in [1.54, 1.807) is 4.72 Å². The number of fused-ring (bicyclic) bond motifs is 1. The molecule has 172 valence electrons. The molecule has 1 amide bonds. The molecule has 1 aromatic carbocycles. The summed E-state index contributed by atoms with van der Waals surface area (Å²) >= 11 is 1.06. The molecule has 0 fully saturated rings. The van der Waals surface area contributed by atoms with Gasteiger partial charge in [-0.1, -0.05) is 0 Å². The maximum absolute atomic E-state index is 13.0. The highest BCUT2D eigenvalue weighted by Gasteiger charge is 2.35. The smallest absolute Gasteiger partial charge is 0.365 e. The molecule has 0 aliphatic heterocycles. The van der Waals surface area contributed by atoms with Gasteiger partial charge in [0.15, 0.2) is 0 Å². The number of nitrogens with zero attached hydrogens (tertiary/aromatic N) is 3. The second-order valence-electron chi connectivity index (χ2n) is 6.64. The Labute approximate surface area is 182 Å². The Balaban J connectivity index is 1.93. The molecular weight excluding hydrogens is 477 g/mol. The molecule has 0 atom stereocenters. The highest BCUT2D eigenvalue weighted by atomic mass is 32.2. The topological polar surface area (TPSA) is 129 Å². The van der Waals surface area contributed by atoms with Crippen LogP contribution in [0.5, 0.6) is 0 Å². The van der Waals surface area contributed by atoms with Gasteiger partial charge in [0, 0.05) is 18.5 Å². The number of carbonyl (C=O) groups excluding carboxylic acids is 1. The van der Waals surface area contributed by atoms with Crippen LogP contribution in [0.1, 0.15) is 11.4 Å².